The summed E-state index contributed by atoms with van der Waals surface area (Å²) in [4.78, 5) is 12.0. The maximum atomic E-state index is 13.1. The topological polar surface area (TPSA) is 29.1 Å². The third-order valence-corrected chi connectivity index (χ3v) is 3.89. The van der Waals surface area contributed by atoms with E-state index in [1.807, 2.05) is 0 Å². The molecule has 2 rings (SSSR count). The van der Waals surface area contributed by atoms with Crippen LogP contribution in [0.1, 0.15) is 10.4 Å². The number of hydrogen-bond acceptors (Lipinski definition) is 2. The van der Waals surface area contributed by atoms with Crippen molar-refractivity contribution in [2.75, 3.05) is 5.32 Å². The van der Waals surface area contributed by atoms with Gasteiger partial charge in [-0.05, 0) is 48.5 Å². The van der Waals surface area contributed by atoms with E-state index in [1.165, 1.54) is 24.3 Å². The Morgan fingerprint density at radius 2 is 1.39 bits per heavy atom. The summed E-state index contributed by atoms with van der Waals surface area (Å²) in [5, 5.41) is 2.24. The summed E-state index contributed by atoms with van der Waals surface area (Å²) >= 11 is 6.41. The Labute approximate surface area is 147 Å². The van der Waals surface area contributed by atoms with E-state index in [4.69, 9.17) is 0 Å². The molecule has 0 radical (unpaired) electrons. The first-order valence-electron chi connectivity index (χ1n) is 6.37. The van der Waals surface area contributed by atoms with E-state index in [2.05, 4.69) is 37.2 Å². The van der Waals surface area contributed by atoms with Gasteiger partial charge >= 0.3 is 6.18 Å². The number of benzene rings is 2. The van der Waals surface area contributed by atoms with E-state index in [0.29, 0.717) is 6.08 Å². The Kier molecular flexibility index (Phi) is 5.64. The molecule has 0 aliphatic carbocycles. The molecule has 0 aliphatic rings. The van der Waals surface area contributed by atoms with Crippen LogP contribution < -0.4 is 5.32 Å². The number of anilines is 1. The minimum absolute atomic E-state index is 0.174. The maximum absolute atomic E-state index is 13.1. The van der Waals surface area contributed by atoms with Crippen LogP contribution in [0.3, 0.4) is 0 Å². The molecule has 0 aromatic heterocycles. The first kappa shape index (κ1) is 17.7. The summed E-state index contributed by atoms with van der Waals surface area (Å²) in [7, 11) is 0. The Hall–Kier alpha value is -1.60. The van der Waals surface area contributed by atoms with Gasteiger partial charge in [-0.1, -0.05) is 31.9 Å². The molecule has 7 heteroatoms. The largest absolute Gasteiger partial charge is 0.431 e. The van der Waals surface area contributed by atoms with Gasteiger partial charge in [0.1, 0.15) is 5.70 Å². The summed E-state index contributed by atoms with van der Waals surface area (Å²) in [6.45, 7) is 0. The van der Waals surface area contributed by atoms with Gasteiger partial charge in [-0.15, -0.1) is 0 Å². The zero-order valence-corrected chi connectivity index (χ0v) is 14.7. The van der Waals surface area contributed by atoms with Gasteiger partial charge in [-0.3, -0.25) is 4.79 Å². The highest BCUT2D eigenvalue weighted by Gasteiger charge is 2.34. The van der Waals surface area contributed by atoms with Crippen molar-refractivity contribution in [1.29, 1.82) is 0 Å². The lowest BCUT2D eigenvalue weighted by Gasteiger charge is -2.14. The SMILES string of the molecule is O=C(/C=C(/Nc1ccc(Br)cc1)C(F)(F)F)c1ccc(Br)cc1. The van der Waals surface area contributed by atoms with Crippen LogP contribution in [0.5, 0.6) is 0 Å². The van der Waals surface area contributed by atoms with Crippen molar-refractivity contribution in [1.82, 2.24) is 0 Å². The number of ketones is 1. The summed E-state index contributed by atoms with van der Waals surface area (Å²) in [5.74, 6) is -0.727. The Balaban J connectivity index is 2.29. The van der Waals surface area contributed by atoms with Crippen molar-refractivity contribution in [3.63, 3.8) is 0 Å². The van der Waals surface area contributed by atoms with E-state index in [0.717, 1.165) is 8.95 Å². The fourth-order valence-corrected chi connectivity index (χ4v) is 2.23. The van der Waals surface area contributed by atoms with Crippen molar-refractivity contribution in [2.45, 2.75) is 6.18 Å². The molecule has 0 spiro atoms. The molecule has 1 N–H and O–H groups in total. The fourth-order valence-electron chi connectivity index (χ4n) is 1.71. The third-order valence-electron chi connectivity index (χ3n) is 2.83. The lowest BCUT2D eigenvalue weighted by Crippen LogP contribution is -2.20. The number of carbonyl (C=O) groups excluding carboxylic acids is 1. The van der Waals surface area contributed by atoms with Crippen LogP contribution in [0.2, 0.25) is 0 Å². The third kappa shape index (κ3) is 5.21. The molecule has 0 aliphatic heterocycles. The minimum atomic E-state index is -4.67. The Morgan fingerprint density at radius 3 is 1.87 bits per heavy atom. The highest BCUT2D eigenvalue weighted by molar-refractivity contribution is 9.10. The van der Waals surface area contributed by atoms with Gasteiger partial charge in [-0.25, -0.2) is 0 Å². The van der Waals surface area contributed by atoms with E-state index >= 15 is 0 Å². The first-order chi connectivity index (χ1) is 10.8. The van der Waals surface area contributed by atoms with Gasteiger partial charge in [0.2, 0.25) is 0 Å². The molecule has 0 amide bonds. The van der Waals surface area contributed by atoms with Crippen LogP contribution in [0.15, 0.2) is 69.2 Å². The number of halogens is 5. The van der Waals surface area contributed by atoms with Gasteiger partial charge in [0, 0.05) is 26.3 Å². The molecule has 0 saturated heterocycles. The van der Waals surface area contributed by atoms with E-state index in [1.54, 1.807) is 24.3 Å². The molecule has 23 heavy (non-hydrogen) atoms. The number of nitrogens with one attached hydrogen (secondary N) is 1. The molecule has 0 unspecified atom stereocenters. The molecular weight excluding hydrogens is 439 g/mol. The Morgan fingerprint density at radius 1 is 0.913 bits per heavy atom. The molecule has 2 aromatic rings. The summed E-state index contributed by atoms with van der Waals surface area (Å²) in [6.07, 6.45) is -4.11. The second-order valence-electron chi connectivity index (χ2n) is 4.56. The van der Waals surface area contributed by atoms with Crippen LogP contribution in [-0.4, -0.2) is 12.0 Å². The number of rotatable bonds is 4. The smallest absolute Gasteiger partial charge is 0.351 e. The predicted octanol–water partition coefficient (Wildman–Crippen LogP) is 5.95. The lowest BCUT2D eigenvalue weighted by atomic mass is 10.1. The molecule has 120 valence electrons. The molecule has 0 atom stereocenters. The van der Waals surface area contributed by atoms with Crippen molar-refractivity contribution < 1.29 is 18.0 Å². The number of alkyl halides is 3. The second-order valence-corrected chi connectivity index (χ2v) is 6.39. The molecule has 0 bridgehead atoms. The average Bonchev–Trinajstić information content (AvgIpc) is 2.48. The van der Waals surface area contributed by atoms with E-state index < -0.39 is 17.7 Å². The quantitative estimate of drug-likeness (QED) is 0.462. The van der Waals surface area contributed by atoms with Crippen LogP contribution >= 0.6 is 31.9 Å². The highest BCUT2D eigenvalue weighted by atomic mass is 79.9. The predicted molar refractivity (Wildman–Crippen MR) is 90.4 cm³/mol. The molecule has 0 saturated carbocycles. The van der Waals surface area contributed by atoms with Crippen molar-refractivity contribution in [2.24, 2.45) is 0 Å². The monoisotopic (exact) mass is 447 g/mol. The molecular formula is C16H10Br2F3NO. The number of carbonyl (C=O) groups is 1. The van der Waals surface area contributed by atoms with Crippen LogP contribution in [0.4, 0.5) is 18.9 Å². The van der Waals surface area contributed by atoms with Gasteiger partial charge < -0.3 is 5.32 Å². The standard InChI is InChI=1S/C16H10Br2F3NO/c17-11-3-1-10(2-4-11)14(23)9-15(16(19,20)21)22-13-7-5-12(18)6-8-13/h1-9,22H/b15-9+. The highest BCUT2D eigenvalue weighted by Crippen LogP contribution is 2.28. The summed E-state index contributed by atoms with van der Waals surface area (Å²) in [6, 6.07) is 12.3. The van der Waals surface area contributed by atoms with Crippen molar-refractivity contribution in [3.05, 3.63) is 74.8 Å². The maximum Gasteiger partial charge on any atom is 0.431 e. The normalized spacial score (nSPS) is 12.1. The zero-order valence-electron chi connectivity index (χ0n) is 11.5. The van der Waals surface area contributed by atoms with Crippen molar-refractivity contribution in [3.8, 4) is 0 Å². The molecule has 2 aromatic carbocycles. The molecule has 0 fully saturated rings. The van der Waals surface area contributed by atoms with Crippen LogP contribution in [0, 0.1) is 0 Å². The van der Waals surface area contributed by atoms with E-state index in [9.17, 15) is 18.0 Å². The summed E-state index contributed by atoms with van der Waals surface area (Å²) < 4.78 is 40.9. The van der Waals surface area contributed by atoms with Crippen LogP contribution in [0.25, 0.3) is 0 Å². The van der Waals surface area contributed by atoms with Crippen LogP contribution in [-0.2, 0) is 0 Å². The fraction of sp³-hybridized carbons (Fsp3) is 0.0625. The zero-order chi connectivity index (χ0) is 17.0. The lowest BCUT2D eigenvalue weighted by molar-refractivity contribution is -0.0903. The Bertz CT molecular complexity index is 722. The van der Waals surface area contributed by atoms with Gasteiger partial charge in [-0.2, -0.15) is 13.2 Å². The molecule has 0 heterocycles. The number of hydrogen-bond donors (Lipinski definition) is 1. The number of allylic oxidation sites excluding steroid dienone is 2. The average molecular weight is 449 g/mol. The van der Waals surface area contributed by atoms with Crippen molar-refractivity contribution >= 4 is 43.3 Å². The summed E-state index contributed by atoms with van der Waals surface area (Å²) in [5.41, 5.74) is -0.708. The van der Waals surface area contributed by atoms with E-state index in [-0.39, 0.29) is 11.3 Å². The minimum Gasteiger partial charge on any atom is -0.351 e. The van der Waals surface area contributed by atoms with Gasteiger partial charge in [0.05, 0.1) is 0 Å². The molecule has 2 nitrogen and oxygen atoms in total. The first-order valence-corrected chi connectivity index (χ1v) is 7.96. The van der Waals surface area contributed by atoms with Gasteiger partial charge in [0.25, 0.3) is 0 Å². The van der Waals surface area contributed by atoms with Gasteiger partial charge in [0.15, 0.2) is 5.78 Å². The second kappa shape index (κ2) is 7.31.